The maximum absolute atomic E-state index is 13.3. The molecule has 12 heteroatoms. The fourth-order valence-electron chi connectivity index (χ4n) is 3.78. The molecular weight excluding hydrogens is 460 g/mol. The predicted octanol–water partition coefficient (Wildman–Crippen LogP) is -0.599. The summed E-state index contributed by atoms with van der Waals surface area (Å²) in [7, 11) is 1.48. The van der Waals surface area contributed by atoms with E-state index in [2.05, 4.69) is 21.3 Å². The Kier molecular flexibility index (Phi) is 9.05. The summed E-state index contributed by atoms with van der Waals surface area (Å²) in [5, 5.41) is 40.5. The van der Waals surface area contributed by atoms with E-state index in [1.807, 2.05) is 0 Å². The van der Waals surface area contributed by atoms with Crippen LogP contribution in [0.15, 0.2) is 18.2 Å². The molecule has 2 rings (SSSR count). The molecule has 1 aliphatic heterocycles. The Bertz CT molecular complexity index is 969. The van der Waals surface area contributed by atoms with Gasteiger partial charge < -0.3 is 41.3 Å². The Morgan fingerprint density at radius 3 is 2.40 bits per heavy atom. The summed E-state index contributed by atoms with van der Waals surface area (Å²) in [6.45, 7) is 5.93. The second-order valence-corrected chi connectivity index (χ2v) is 8.99. The zero-order chi connectivity index (χ0) is 26.5. The zero-order valence-corrected chi connectivity index (χ0v) is 20.4. The van der Waals surface area contributed by atoms with Gasteiger partial charge in [-0.2, -0.15) is 0 Å². The van der Waals surface area contributed by atoms with Gasteiger partial charge in [0.25, 0.3) is 0 Å². The molecule has 2 bridgehead atoms. The van der Waals surface area contributed by atoms with Crippen LogP contribution in [0, 0.1) is 5.92 Å². The molecule has 1 aromatic carbocycles. The number of phenolic OH excluding ortho intramolecular Hbond substituents is 1. The number of rotatable bonds is 6. The first-order valence-corrected chi connectivity index (χ1v) is 11.3. The number of aliphatic hydroxyl groups excluding tert-OH is 1. The second-order valence-electron chi connectivity index (χ2n) is 8.99. The van der Waals surface area contributed by atoms with Crippen molar-refractivity contribution >= 4 is 23.7 Å². The molecular formula is C23H34N4O8. The number of ether oxygens (including phenoxy) is 1. The lowest BCUT2D eigenvalue weighted by Crippen LogP contribution is -2.65. The monoisotopic (exact) mass is 494 g/mol. The SMILES string of the molecule is CC[C@]1(C)Oc2cc(ccc2O)[C@H](O)[C@@H](NC)C(=O)N[C@H](C(C)C)C(=O)N[C@H]1C(=O)NCC(=O)O. The molecule has 7 N–H and O–H groups in total. The van der Waals surface area contributed by atoms with Crippen LogP contribution >= 0.6 is 0 Å². The van der Waals surface area contributed by atoms with Gasteiger partial charge in [-0.25, -0.2) is 0 Å². The van der Waals surface area contributed by atoms with Gasteiger partial charge in [-0.05, 0) is 44.0 Å². The molecule has 0 fully saturated rings. The van der Waals surface area contributed by atoms with Crippen molar-refractivity contribution in [2.24, 2.45) is 5.92 Å². The third-order valence-electron chi connectivity index (χ3n) is 6.10. The van der Waals surface area contributed by atoms with Gasteiger partial charge in [0, 0.05) is 0 Å². The van der Waals surface area contributed by atoms with Crippen molar-refractivity contribution in [3.8, 4) is 11.5 Å². The van der Waals surface area contributed by atoms with E-state index >= 15 is 0 Å². The van der Waals surface area contributed by atoms with Crippen LogP contribution in [0.3, 0.4) is 0 Å². The Morgan fingerprint density at radius 1 is 1.20 bits per heavy atom. The van der Waals surface area contributed by atoms with E-state index in [0.29, 0.717) is 0 Å². The highest BCUT2D eigenvalue weighted by Crippen LogP contribution is 2.35. The summed E-state index contributed by atoms with van der Waals surface area (Å²) in [5.41, 5.74) is -1.21. The molecule has 1 aliphatic rings. The minimum absolute atomic E-state index is 0.0916. The summed E-state index contributed by atoms with van der Waals surface area (Å²) in [6, 6.07) is 0.425. The third kappa shape index (κ3) is 6.40. The maximum Gasteiger partial charge on any atom is 0.322 e. The fourth-order valence-corrected chi connectivity index (χ4v) is 3.78. The van der Waals surface area contributed by atoms with Crippen molar-refractivity contribution in [3.63, 3.8) is 0 Å². The molecule has 1 aromatic rings. The lowest BCUT2D eigenvalue weighted by Gasteiger charge is -2.37. The number of phenols is 1. The molecule has 0 aliphatic carbocycles. The molecule has 194 valence electrons. The number of benzene rings is 1. The van der Waals surface area contributed by atoms with Crippen molar-refractivity contribution in [3.05, 3.63) is 23.8 Å². The largest absolute Gasteiger partial charge is 0.504 e. The number of hydrogen-bond acceptors (Lipinski definition) is 8. The molecule has 35 heavy (non-hydrogen) atoms. The number of carboxylic acids is 1. The number of fused-ring (bicyclic) bond motifs is 2. The first-order valence-electron chi connectivity index (χ1n) is 11.3. The molecule has 3 amide bonds. The van der Waals surface area contributed by atoms with Gasteiger partial charge in [0.15, 0.2) is 11.5 Å². The highest BCUT2D eigenvalue weighted by molar-refractivity contribution is 5.94. The summed E-state index contributed by atoms with van der Waals surface area (Å²) in [5.74, 6) is -4.25. The van der Waals surface area contributed by atoms with Crippen molar-refractivity contribution in [2.45, 2.75) is 63.9 Å². The fraction of sp³-hybridized carbons (Fsp3) is 0.565. The van der Waals surface area contributed by atoms with E-state index in [1.54, 1.807) is 20.8 Å². The molecule has 0 saturated heterocycles. The van der Waals surface area contributed by atoms with Gasteiger partial charge in [-0.15, -0.1) is 0 Å². The predicted molar refractivity (Wildman–Crippen MR) is 125 cm³/mol. The number of likely N-dealkylation sites (N-methyl/N-ethyl adjacent to an activating group) is 1. The highest BCUT2D eigenvalue weighted by Gasteiger charge is 2.44. The van der Waals surface area contributed by atoms with Crippen molar-refractivity contribution < 1.29 is 39.2 Å². The van der Waals surface area contributed by atoms with E-state index in [0.717, 1.165) is 0 Å². The van der Waals surface area contributed by atoms with Crippen LogP contribution in [-0.2, 0) is 19.2 Å². The zero-order valence-electron chi connectivity index (χ0n) is 20.4. The average molecular weight is 495 g/mol. The smallest absolute Gasteiger partial charge is 0.322 e. The average Bonchev–Trinajstić information content (AvgIpc) is 2.80. The second kappa shape index (κ2) is 11.4. The van der Waals surface area contributed by atoms with Crippen LogP contribution in [0.5, 0.6) is 11.5 Å². The van der Waals surface area contributed by atoms with E-state index in [9.17, 15) is 29.4 Å². The van der Waals surface area contributed by atoms with Gasteiger partial charge >= 0.3 is 5.97 Å². The van der Waals surface area contributed by atoms with Crippen LogP contribution < -0.4 is 26.0 Å². The first-order chi connectivity index (χ1) is 16.3. The van der Waals surface area contributed by atoms with Crippen LogP contribution in [0.4, 0.5) is 0 Å². The number of aliphatic hydroxyl groups is 1. The number of carbonyl (C=O) groups excluding carboxylic acids is 3. The normalized spacial score (nSPS) is 27.4. The van der Waals surface area contributed by atoms with Gasteiger partial charge in [0.1, 0.15) is 36.4 Å². The topological polar surface area (TPSA) is 186 Å². The molecule has 0 aromatic heterocycles. The number of nitrogens with one attached hydrogen (secondary N) is 4. The summed E-state index contributed by atoms with van der Waals surface area (Å²) < 4.78 is 6.05. The number of carbonyl (C=O) groups is 4. The highest BCUT2D eigenvalue weighted by atomic mass is 16.5. The van der Waals surface area contributed by atoms with E-state index < -0.39 is 66.0 Å². The van der Waals surface area contributed by atoms with Gasteiger partial charge in [-0.1, -0.05) is 26.8 Å². The Labute approximate surface area is 203 Å². The minimum atomic E-state index is -1.46. The molecule has 0 saturated carbocycles. The van der Waals surface area contributed by atoms with Crippen molar-refractivity contribution in [1.29, 1.82) is 0 Å². The number of aliphatic carboxylic acids is 1. The summed E-state index contributed by atoms with van der Waals surface area (Å²) in [4.78, 5) is 50.4. The lowest BCUT2D eigenvalue weighted by atomic mass is 9.91. The lowest BCUT2D eigenvalue weighted by molar-refractivity contribution is -0.141. The van der Waals surface area contributed by atoms with Crippen LogP contribution in [0.25, 0.3) is 0 Å². The Morgan fingerprint density at radius 2 is 1.86 bits per heavy atom. The number of carboxylic acid groups (broad SMARTS) is 1. The van der Waals surface area contributed by atoms with E-state index in [-0.39, 0.29) is 23.5 Å². The summed E-state index contributed by atoms with van der Waals surface area (Å²) in [6.07, 6.45) is -1.20. The first kappa shape index (κ1) is 27.9. The van der Waals surface area contributed by atoms with E-state index in [1.165, 1.54) is 32.2 Å². The molecule has 5 atom stereocenters. The van der Waals surface area contributed by atoms with Crippen LogP contribution in [0.2, 0.25) is 0 Å². The van der Waals surface area contributed by atoms with Crippen molar-refractivity contribution in [2.75, 3.05) is 13.6 Å². The van der Waals surface area contributed by atoms with Crippen LogP contribution in [0.1, 0.15) is 45.8 Å². The molecule has 1 heterocycles. The number of hydrogen-bond donors (Lipinski definition) is 7. The number of aromatic hydroxyl groups is 1. The van der Waals surface area contributed by atoms with Gasteiger partial charge in [-0.3, -0.25) is 19.2 Å². The number of amides is 3. The van der Waals surface area contributed by atoms with Gasteiger partial charge in [0.05, 0.1) is 0 Å². The quantitative estimate of drug-likeness (QED) is 0.271. The van der Waals surface area contributed by atoms with E-state index in [4.69, 9.17) is 9.84 Å². The molecule has 0 unspecified atom stereocenters. The Balaban J connectivity index is 2.67. The maximum atomic E-state index is 13.3. The van der Waals surface area contributed by atoms with Crippen LogP contribution in [-0.4, -0.2) is 76.3 Å². The molecule has 0 radical (unpaired) electrons. The standard InChI is InChI=1S/C23H34N4O8/c1-6-23(4)19(22(34)25-10-15(29)30)27-20(32)16(11(2)3)26-21(33)17(24-5)18(31)12-7-8-13(28)14(9-12)35-23/h7-9,11,16-19,24,28,31H,6,10H2,1-5H3,(H,25,34)(H,26,33)(H,27,32)(H,29,30)/t16-,17-,18+,19+,23+/m1/s1. The minimum Gasteiger partial charge on any atom is -0.504 e. The third-order valence-corrected chi connectivity index (χ3v) is 6.10. The van der Waals surface area contributed by atoms with Gasteiger partial charge in [0.2, 0.25) is 17.7 Å². The summed E-state index contributed by atoms with van der Waals surface area (Å²) >= 11 is 0. The molecule has 0 spiro atoms. The Hall–Kier alpha value is -3.38. The molecule has 12 nitrogen and oxygen atoms in total. The van der Waals surface area contributed by atoms with Crippen molar-refractivity contribution in [1.82, 2.24) is 21.3 Å².